The van der Waals surface area contributed by atoms with Gasteiger partial charge in [-0.05, 0) is 24.3 Å². The Morgan fingerprint density at radius 2 is 1.90 bits per heavy atom. The molecule has 0 aliphatic heterocycles. The molecule has 0 amide bonds. The summed E-state index contributed by atoms with van der Waals surface area (Å²) < 4.78 is 3.38. The summed E-state index contributed by atoms with van der Waals surface area (Å²) in [5.74, 6) is -0.0824. The minimum absolute atomic E-state index is 0.0824. The van der Waals surface area contributed by atoms with Crippen LogP contribution in [0.15, 0.2) is 61.2 Å². The molecule has 0 saturated heterocycles. The van der Waals surface area contributed by atoms with E-state index >= 15 is 0 Å². The van der Waals surface area contributed by atoms with Crippen molar-refractivity contribution in [3.8, 4) is 5.69 Å². The van der Waals surface area contributed by atoms with Gasteiger partial charge in [0.05, 0.1) is 23.6 Å². The number of allylic oxidation sites excluding steroid dienone is 1. The first-order valence-electron chi connectivity index (χ1n) is 6.53. The average molecular weight is 278 g/mol. The average Bonchev–Trinajstić information content (AvgIpc) is 3.15. The van der Waals surface area contributed by atoms with E-state index in [2.05, 4.69) is 10.2 Å². The third kappa shape index (κ3) is 2.97. The smallest absolute Gasteiger partial charge is 0.189 e. The highest BCUT2D eigenvalue weighted by molar-refractivity contribution is 6.06. The van der Waals surface area contributed by atoms with Gasteiger partial charge in [-0.25, -0.2) is 4.68 Å². The zero-order valence-corrected chi connectivity index (χ0v) is 11.5. The molecule has 0 radical (unpaired) electrons. The Morgan fingerprint density at radius 3 is 2.62 bits per heavy atom. The van der Waals surface area contributed by atoms with Gasteiger partial charge in [-0.2, -0.15) is 10.2 Å². The lowest BCUT2D eigenvalue weighted by Gasteiger charge is -1.98. The number of carbonyl (C=O) groups excluding carboxylic acids is 1. The van der Waals surface area contributed by atoms with Crippen molar-refractivity contribution >= 4 is 11.9 Å². The van der Waals surface area contributed by atoms with Gasteiger partial charge in [0.1, 0.15) is 0 Å². The first kappa shape index (κ1) is 13.1. The second-order valence-electron chi connectivity index (χ2n) is 4.65. The molecule has 2 heterocycles. The van der Waals surface area contributed by atoms with E-state index in [9.17, 15) is 4.79 Å². The maximum Gasteiger partial charge on any atom is 0.189 e. The summed E-state index contributed by atoms with van der Waals surface area (Å²) in [6.45, 7) is 0. The molecule has 0 saturated carbocycles. The first-order chi connectivity index (χ1) is 10.2. The molecule has 3 aromatic rings. The summed E-state index contributed by atoms with van der Waals surface area (Å²) in [5.41, 5.74) is 2.37. The fraction of sp³-hybridized carbons (Fsp3) is 0.0625. The third-order valence-corrected chi connectivity index (χ3v) is 3.04. The normalized spacial score (nSPS) is 11.1. The molecule has 0 fully saturated rings. The van der Waals surface area contributed by atoms with Crippen LogP contribution in [0.25, 0.3) is 11.8 Å². The largest absolute Gasteiger partial charge is 0.289 e. The van der Waals surface area contributed by atoms with Crippen LogP contribution < -0.4 is 0 Å². The van der Waals surface area contributed by atoms with Crippen LogP contribution in [-0.2, 0) is 7.05 Å². The van der Waals surface area contributed by atoms with Gasteiger partial charge in [0.25, 0.3) is 0 Å². The predicted molar refractivity (Wildman–Crippen MR) is 80.1 cm³/mol. The fourth-order valence-electron chi connectivity index (χ4n) is 1.97. The van der Waals surface area contributed by atoms with Crippen LogP contribution >= 0.6 is 0 Å². The molecule has 1 aromatic carbocycles. The number of ketones is 1. The molecule has 2 aromatic heterocycles. The van der Waals surface area contributed by atoms with Crippen molar-refractivity contribution in [3.63, 3.8) is 0 Å². The quantitative estimate of drug-likeness (QED) is 0.544. The van der Waals surface area contributed by atoms with Crippen LogP contribution in [0, 0.1) is 0 Å². The van der Waals surface area contributed by atoms with Crippen molar-refractivity contribution in [1.82, 2.24) is 19.6 Å². The van der Waals surface area contributed by atoms with E-state index in [-0.39, 0.29) is 5.78 Å². The number of nitrogens with zero attached hydrogens (tertiary/aromatic N) is 4. The van der Waals surface area contributed by atoms with E-state index in [4.69, 9.17) is 0 Å². The summed E-state index contributed by atoms with van der Waals surface area (Å²) in [7, 11) is 1.84. The van der Waals surface area contributed by atoms with Crippen LogP contribution in [0.3, 0.4) is 0 Å². The second kappa shape index (κ2) is 5.58. The molecule has 104 valence electrons. The summed E-state index contributed by atoms with van der Waals surface area (Å²) in [5, 5.41) is 8.26. The Hall–Kier alpha value is -2.95. The highest BCUT2D eigenvalue weighted by atomic mass is 16.1. The molecule has 0 bridgehead atoms. The van der Waals surface area contributed by atoms with Gasteiger partial charge < -0.3 is 0 Å². The van der Waals surface area contributed by atoms with Gasteiger partial charge in [0.2, 0.25) is 0 Å². The van der Waals surface area contributed by atoms with Crippen molar-refractivity contribution < 1.29 is 4.79 Å². The Bertz CT molecular complexity index is 783. The van der Waals surface area contributed by atoms with E-state index in [1.165, 1.54) is 6.08 Å². The van der Waals surface area contributed by atoms with Crippen molar-refractivity contribution in [3.05, 3.63) is 72.3 Å². The lowest BCUT2D eigenvalue weighted by Crippen LogP contribution is -1.94. The van der Waals surface area contributed by atoms with Gasteiger partial charge in [0.15, 0.2) is 5.78 Å². The lowest BCUT2D eigenvalue weighted by molar-refractivity contribution is 0.104. The molecule has 5 nitrogen and oxygen atoms in total. The van der Waals surface area contributed by atoms with Crippen molar-refractivity contribution in [2.45, 2.75) is 0 Å². The van der Waals surface area contributed by atoms with Gasteiger partial charge in [-0.3, -0.25) is 9.48 Å². The Balaban J connectivity index is 1.77. The molecule has 0 aliphatic carbocycles. The van der Waals surface area contributed by atoms with Crippen LogP contribution in [0.4, 0.5) is 0 Å². The Labute approximate surface area is 122 Å². The number of rotatable bonds is 4. The molecule has 0 atom stereocenters. The highest BCUT2D eigenvalue weighted by Gasteiger charge is 2.06. The van der Waals surface area contributed by atoms with Crippen LogP contribution in [-0.4, -0.2) is 25.3 Å². The molecular formula is C16H14N4O. The predicted octanol–water partition coefficient (Wildman–Crippen LogP) is 2.50. The number of benzene rings is 1. The Morgan fingerprint density at radius 1 is 1.10 bits per heavy atom. The van der Waals surface area contributed by atoms with Crippen molar-refractivity contribution in [2.24, 2.45) is 7.05 Å². The summed E-state index contributed by atoms with van der Waals surface area (Å²) >= 11 is 0. The minimum atomic E-state index is -0.0824. The fourth-order valence-corrected chi connectivity index (χ4v) is 1.97. The van der Waals surface area contributed by atoms with Crippen LogP contribution in [0.5, 0.6) is 0 Å². The molecule has 0 unspecified atom stereocenters. The number of carbonyl (C=O) groups is 1. The van der Waals surface area contributed by atoms with E-state index in [1.54, 1.807) is 34.0 Å². The monoisotopic (exact) mass is 278 g/mol. The molecule has 0 N–H and O–H groups in total. The zero-order valence-electron chi connectivity index (χ0n) is 11.5. The molecule has 0 aliphatic rings. The van der Waals surface area contributed by atoms with Crippen molar-refractivity contribution in [1.29, 1.82) is 0 Å². The molecular weight excluding hydrogens is 264 g/mol. The number of para-hydroxylation sites is 1. The van der Waals surface area contributed by atoms with Crippen LogP contribution in [0.1, 0.15) is 15.9 Å². The standard InChI is InChI=1S/C16H14N4O/c1-19-11-13(9-17-19)7-8-16(21)14-10-18-20(12-14)15-5-3-2-4-6-15/h2-12H,1H3/b8-7-. The van der Waals surface area contributed by atoms with Gasteiger partial charge in [-0.1, -0.05) is 18.2 Å². The lowest BCUT2D eigenvalue weighted by atomic mass is 10.2. The number of hydrogen-bond donors (Lipinski definition) is 0. The summed E-state index contributed by atoms with van der Waals surface area (Å²) in [6.07, 6.45) is 10.1. The SMILES string of the molecule is Cn1cc(/C=C\C(=O)c2cnn(-c3ccccc3)c2)cn1. The third-order valence-electron chi connectivity index (χ3n) is 3.04. The summed E-state index contributed by atoms with van der Waals surface area (Å²) in [4.78, 5) is 12.1. The maximum absolute atomic E-state index is 12.1. The summed E-state index contributed by atoms with van der Waals surface area (Å²) in [6, 6.07) is 9.68. The number of hydrogen-bond acceptors (Lipinski definition) is 3. The van der Waals surface area contributed by atoms with E-state index in [1.807, 2.05) is 43.6 Å². The highest BCUT2D eigenvalue weighted by Crippen LogP contribution is 2.09. The van der Waals surface area contributed by atoms with Gasteiger partial charge in [0, 0.05) is 25.0 Å². The van der Waals surface area contributed by atoms with Gasteiger partial charge in [-0.15, -0.1) is 0 Å². The van der Waals surface area contributed by atoms with E-state index in [0.29, 0.717) is 5.56 Å². The van der Waals surface area contributed by atoms with Crippen LogP contribution in [0.2, 0.25) is 0 Å². The minimum Gasteiger partial charge on any atom is -0.289 e. The Kier molecular flexibility index (Phi) is 3.47. The van der Waals surface area contributed by atoms with Crippen molar-refractivity contribution in [2.75, 3.05) is 0 Å². The molecule has 3 rings (SSSR count). The number of aromatic nitrogens is 4. The zero-order chi connectivity index (χ0) is 14.7. The van der Waals surface area contributed by atoms with Gasteiger partial charge >= 0.3 is 0 Å². The molecule has 0 spiro atoms. The maximum atomic E-state index is 12.1. The van der Waals surface area contributed by atoms with E-state index in [0.717, 1.165) is 11.3 Å². The topological polar surface area (TPSA) is 52.7 Å². The van der Waals surface area contributed by atoms with E-state index < -0.39 is 0 Å². The molecule has 5 heteroatoms. The number of aryl methyl sites for hydroxylation is 1. The second-order valence-corrected chi connectivity index (χ2v) is 4.65. The first-order valence-corrected chi connectivity index (χ1v) is 6.53. The molecule has 21 heavy (non-hydrogen) atoms.